The summed E-state index contributed by atoms with van der Waals surface area (Å²) in [4.78, 5) is 0. The van der Waals surface area contributed by atoms with Gasteiger partial charge in [0.05, 0.1) is 0 Å². The molecular formula is C5H6F4S. The molecular weight excluding hydrogens is 168 g/mol. The van der Waals surface area contributed by atoms with Crippen LogP contribution in [0.15, 0.2) is 0 Å². The van der Waals surface area contributed by atoms with E-state index in [0.29, 0.717) is 11.8 Å². The van der Waals surface area contributed by atoms with Gasteiger partial charge in [-0.3, -0.25) is 0 Å². The molecule has 60 valence electrons. The van der Waals surface area contributed by atoms with Crippen LogP contribution in [0, 0.1) is 0 Å². The molecule has 10 heavy (non-hydrogen) atoms. The summed E-state index contributed by atoms with van der Waals surface area (Å²) < 4.78 is 49.5. The van der Waals surface area contributed by atoms with Crippen molar-refractivity contribution in [2.75, 3.05) is 5.75 Å². The summed E-state index contributed by atoms with van der Waals surface area (Å²) in [5.41, 5.74) is -5.07. The van der Waals surface area contributed by atoms with Crippen LogP contribution in [-0.2, 0) is 0 Å². The Morgan fingerprint density at radius 1 is 1.40 bits per heavy atom. The van der Waals surface area contributed by atoms with Gasteiger partial charge in [-0.1, -0.05) is 0 Å². The number of halogens is 4. The summed E-state index contributed by atoms with van der Waals surface area (Å²) in [7, 11) is 0. The first kappa shape index (κ1) is 8.17. The Bertz CT molecular complexity index is 145. The number of hydrogen-bond donors (Lipinski definition) is 0. The van der Waals surface area contributed by atoms with E-state index in [2.05, 4.69) is 0 Å². The van der Waals surface area contributed by atoms with Crippen LogP contribution in [0.25, 0.3) is 0 Å². The van der Waals surface area contributed by atoms with Crippen LogP contribution < -0.4 is 0 Å². The van der Waals surface area contributed by atoms with Crippen molar-refractivity contribution in [3.8, 4) is 0 Å². The predicted octanol–water partition coefficient (Wildman–Crippen LogP) is 2.39. The van der Waals surface area contributed by atoms with Crippen LogP contribution in [0.4, 0.5) is 17.6 Å². The molecule has 0 amide bonds. The minimum absolute atomic E-state index is 0.319. The summed E-state index contributed by atoms with van der Waals surface area (Å²) in [6.45, 7) is 0.722. The molecule has 1 rings (SSSR count). The van der Waals surface area contributed by atoms with Gasteiger partial charge in [0.1, 0.15) is 0 Å². The number of hydrogen-bond acceptors (Lipinski definition) is 1. The van der Waals surface area contributed by atoms with Gasteiger partial charge in [0.2, 0.25) is 5.50 Å². The van der Waals surface area contributed by atoms with Gasteiger partial charge in [0.25, 0.3) is 0 Å². The molecule has 0 aliphatic carbocycles. The third-order valence-electron chi connectivity index (χ3n) is 1.48. The quantitative estimate of drug-likeness (QED) is 0.508. The van der Waals surface area contributed by atoms with Crippen LogP contribution in [0.1, 0.15) is 6.92 Å². The van der Waals surface area contributed by atoms with E-state index in [0.717, 1.165) is 6.92 Å². The Labute approximate surface area is 60.0 Å². The Morgan fingerprint density at radius 3 is 2.00 bits per heavy atom. The molecule has 0 bridgehead atoms. The SMILES string of the molecule is CC1(F)CSC(F)C1(F)F. The highest BCUT2D eigenvalue weighted by atomic mass is 32.2. The lowest BCUT2D eigenvalue weighted by molar-refractivity contribution is -0.130. The molecule has 1 aliphatic heterocycles. The van der Waals surface area contributed by atoms with Crippen molar-refractivity contribution in [2.24, 2.45) is 0 Å². The van der Waals surface area contributed by atoms with Gasteiger partial charge in [-0.05, 0) is 6.92 Å². The third-order valence-corrected chi connectivity index (χ3v) is 2.78. The largest absolute Gasteiger partial charge is 0.321 e. The Hall–Kier alpha value is 0.0700. The summed E-state index contributed by atoms with van der Waals surface area (Å²) in [6, 6.07) is 0. The van der Waals surface area contributed by atoms with E-state index in [4.69, 9.17) is 0 Å². The molecule has 0 aromatic rings. The lowest BCUT2D eigenvalue weighted by Gasteiger charge is -2.21. The van der Waals surface area contributed by atoms with Crippen LogP contribution >= 0.6 is 11.8 Å². The second kappa shape index (κ2) is 2.03. The predicted molar refractivity (Wildman–Crippen MR) is 31.8 cm³/mol. The number of alkyl halides is 4. The van der Waals surface area contributed by atoms with Gasteiger partial charge in [0.15, 0.2) is 5.67 Å². The number of thioether (sulfide) groups is 1. The van der Waals surface area contributed by atoms with Crippen LogP contribution in [0.5, 0.6) is 0 Å². The zero-order valence-electron chi connectivity index (χ0n) is 5.20. The molecule has 1 fully saturated rings. The molecule has 0 radical (unpaired) electrons. The van der Waals surface area contributed by atoms with E-state index in [1.165, 1.54) is 0 Å². The molecule has 2 atom stereocenters. The van der Waals surface area contributed by atoms with Crippen molar-refractivity contribution in [1.82, 2.24) is 0 Å². The fourth-order valence-corrected chi connectivity index (χ4v) is 1.77. The fourth-order valence-electron chi connectivity index (χ4n) is 0.667. The standard InChI is InChI=1S/C5H6F4S/c1-4(7)2-10-3(6)5(4,8)9/h3H,2H2,1H3. The Morgan fingerprint density at radius 2 is 1.90 bits per heavy atom. The Balaban J connectivity index is 2.84. The zero-order chi connectivity index (χ0) is 7.99. The highest BCUT2D eigenvalue weighted by Crippen LogP contribution is 2.49. The maximum atomic E-state index is 12.6. The molecule has 5 heteroatoms. The molecule has 0 saturated carbocycles. The summed E-state index contributed by atoms with van der Waals surface area (Å²) in [5.74, 6) is -4.29. The minimum Gasteiger partial charge on any atom is -0.236 e. The lowest BCUT2D eigenvalue weighted by Crippen LogP contribution is -2.42. The van der Waals surface area contributed by atoms with Gasteiger partial charge in [-0.2, -0.15) is 8.78 Å². The maximum absolute atomic E-state index is 12.6. The molecule has 0 aromatic carbocycles. The van der Waals surface area contributed by atoms with Crippen molar-refractivity contribution >= 4 is 11.8 Å². The minimum atomic E-state index is -3.82. The van der Waals surface area contributed by atoms with Crippen molar-refractivity contribution < 1.29 is 17.6 Å². The van der Waals surface area contributed by atoms with Crippen molar-refractivity contribution in [3.63, 3.8) is 0 Å². The molecule has 0 aromatic heterocycles. The molecule has 1 saturated heterocycles. The van der Waals surface area contributed by atoms with Crippen LogP contribution in [0.2, 0.25) is 0 Å². The van der Waals surface area contributed by atoms with E-state index in [1.807, 2.05) is 0 Å². The summed E-state index contributed by atoms with van der Waals surface area (Å²) in [6.07, 6.45) is 0. The summed E-state index contributed by atoms with van der Waals surface area (Å²) >= 11 is 0.319. The van der Waals surface area contributed by atoms with E-state index < -0.39 is 22.8 Å². The van der Waals surface area contributed by atoms with Crippen molar-refractivity contribution in [1.29, 1.82) is 0 Å². The van der Waals surface area contributed by atoms with Crippen molar-refractivity contribution in [3.05, 3.63) is 0 Å². The number of rotatable bonds is 0. The van der Waals surface area contributed by atoms with Gasteiger partial charge >= 0.3 is 5.92 Å². The monoisotopic (exact) mass is 174 g/mol. The van der Waals surface area contributed by atoms with Crippen LogP contribution in [0.3, 0.4) is 0 Å². The first-order valence-corrected chi connectivity index (χ1v) is 3.75. The van der Waals surface area contributed by atoms with Crippen LogP contribution in [-0.4, -0.2) is 22.8 Å². The highest BCUT2D eigenvalue weighted by molar-refractivity contribution is 8.00. The topological polar surface area (TPSA) is 0 Å². The molecule has 0 spiro atoms. The highest BCUT2D eigenvalue weighted by Gasteiger charge is 2.63. The fraction of sp³-hybridized carbons (Fsp3) is 1.00. The first-order valence-electron chi connectivity index (χ1n) is 2.70. The second-order valence-electron chi connectivity index (χ2n) is 2.45. The van der Waals surface area contributed by atoms with Crippen molar-refractivity contribution in [2.45, 2.75) is 24.0 Å². The molecule has 0 N–H and O–H groups in total. The average Bonchev–Trinajstić information content (AvgIpc) is 1.94. The average molecular weight is 174 g/mol. The van der Waals surface area contributed by atoms with Gasteiger partial charge in [0, 0.05) is 5.75 Å². The zero-order valence-corrected chi connectivity index (χ0v) is 6.02. The van der Waals surface area contributed by atoms with Gasteiger partial charge in [-0.15, -0.1) is 11.8 Å². The smallest absolute Gasteiger partial charge is 0.236 e. The Kier molecular flexibility index (Phi) is 1.66. The van der Waals surface area contributed by atoms with Gasteiger partial charge in [-0.25, -0.2) is 8.78 Å². The third kappa shape index (κ3) is 0.909. The lowest BCUT2D eigenvalue weighted by atomic mass is 10.0. The summed E-state index contributed by atoms with van der Waals surface area (Å²) in [5, 5.41) is 0. The maximum Gasteiger partial charge on any atom is 0.321 e. The van der Waals surface area contributed by atoms with E-state index in [9.17, 15) is 17.6 Å². The second-order valence-corrected chi connectivity index (χ2v) is 3.48. The van der Waals surface area contributed by atoms with Gasteiger partial charge < -0.3 is 0 Å². The van der Waals surface area contributed by atoms with E-state index >= 15 is 0 Å². The molecule has 1 aliphatic rings. The van der Waals surface area contributed by atoms with E-state index in [-0.39, 0.29) is 0 Å². The molecule has 0 nitrogen and oxygen atoms in total. The first-order chi connectivity index (χ1) is 4.38. The van der Waals surface area contributed by atoms with E-state index in [1.54, 1.807) is 0 Å². The normalized spacial score (nSPS) is 45.9. The molecule has 1 heterocycles. The molecule has 2 unspecified atom stereocenters.